The van der Waals surface area contributed by atoms with Crippen molar-refractivity contribution in [3.63, 3.8) is 0 Å². The minimum Gasteiger partial charge on any atom is -0.468 e. The molecule has 0 bridgehead atoms. The van der Waals surface area contributed by atoms with Crippen molar-refractivity contribution in [3.8, 4) is 0 Å². The molecule has 3 nitrogen and oxygen atoms in total. The molecule has 1 N–H and O–H groups in total. The molecule has 0 aliphatic rings. The molecule has 1 rings (SSSR count). The highest BCUT2D eigenvalue weighted by Gasteiger charge is 2.02. The molecule has 0 amide bonds. The van der Waals surface area contributed by atoms with Crippen LogP contribution < -0.4 is 5.32 Å². The Morgan fingerprint density at radius 2 is 2.29 bits per heavy atom. The number of benzene rings is 1. The highest BCUT2D eigenvalue weighted by Crippen LogP contribution is 2.19. The van der Waals surface area contributed by atoms with E-state index in [0.29, 0.717) is 5.75 Å². The average molecular weight is 253 g/mol. The van der Waals surface area contributed by atoms with Crippen LogP contribution in [0.15, 0.2) is 29.2 Å². The molecular formula is C13H19NO2S. The summed E-state index contributed by atoms with van der Waals surface area (Å²) in [4.78, 5) is 12.1. The summed E-state index contributed by atoms with van der Waals surface area (Å²) >= 11 is 1.50. The number of rotatable bonds is 7. The van der Waals surface area contributed by atoms with Crippen molar-refractivity contribution in [3.05, 3.63) is 29.8 Å². The van der Waals surface area contributed by atoms with Crippen LogP contribution in [0, 0.1) is 0 Å². The van der Waals surface area contributed by atoms with Gasteiger partial charge < -0.3 is 10.1 Å². The first-order valence-electron chi connectivity index (χ1n) is 5.75. The largest absolute Gasteiger partial charge is 0.468 e. The normalized spacial score (nSPS) is 10.2. The fraction of sp³-hybridized carbons (Fsp3) is 0.462. The van der Waals surface area contributed by atoms with Gasteiger partial charge in [-0.15, -0.1) is 11.8 Å². The van der Waals surface area contributed by atoms with Crippen LogP contribution >= 0.6 is 11.8 Å². The first-order valence-corrected chi connectivity index (χ1v) is 6.74. The van der Waals surface area contributed by atoms with E-state index >= 15 is 0 Å². The number of nitrogens with one attached hydrogen (secondary N) is 1. The van der Waals surface area contributed by atoms with Crippen molar-refractivity contribution in [2.75, 3.05) is 19.4 Å². The number of carbonyl (C=O) groups excluding carboxylic acids is 1. The summed E-state index contributed by atoms with van der Waals surface area (Å²) < 4.78 is 4.61. The Morgan fingerprint density at radius 1 is 1.47 bits per heavy atom. The Morgan fingerprint density at radius 3 is 3.00 bits per heavy atom. The van der Waals surface area contributed by atoms with Gasteiger partial charge in [0, 0.05) is 11.4 Å². The number of hydrogen-bond acceptors (Lipinski definition) is 4. The zero-order valence-corrected chi connectivity index (χ0v) is 11.2. The zero-order valence-electron chi connectivity index (χ0n) is 10.4. The SMILES string of the molecule is CCCNCc1cccc(SCC(=O)OC)c1. The maximum Gasteiger partial charge on any atom is 0.315 e. The molecule has 0 radical (unpaired) electrons. The summed E-state index contributed by atoms with van der Waals surface area (Å²) in [6, 6.07) is 8.22. The van der Waals surface area contributed by atoms with Crippen LogP contribution in [0.5, 0.6) is 0 Å². The molecule has 0 spiro atoms. The fourth-order valence-electron chi connectivity index (χ4n) is 1.36. The van der Waals surface area contributed by atoms with Crippen LogP contribution in [0.25, 0.3) is 0 Å². The van der Waals surface area contributed by atoms with Crippen LogP contribution in [0.3, 0.4) is 0 Å². The number of carbonyl (C=O) groups is 1. The topological polar surface area (TPSA) is 38.3 Å². The van der Waals surface area contributed by atoms with Gasteiger partial charge in [-0.05, 0) is 30.7 Å². The highest BCUT2D eigenvalue weighted by atomic mass is 32.2. The van der Waals surface area contributed by atoms with Gasteiger partial charge >= 0.3 is 5.97 Å². The first-order chi connectivity index (χ1) is 8.26. The lowest BCUT2D eigenvalue weighted by molar-refractivity contribution is -0.137. The third-order valence-corrected chi connectivity index (χ3v) is 3.21. The number of ether oxygens (including phenoxy) is 1. The van der Waals surface area contributed by atoms with Crippen LogP contribution in [0.2, 0.25) is 0 Å². The third kappa shape index (κ3) is 5.75. The van der Waals surface area contributed by atoms with Crippen LogP contribution in [0.1, 0.15) is 18.9 Å². The van der Waals surface area contributed by atoms with Gasteiger partial charge in [0.25, 0.3) is 0 Å². The zero-order chi connectivity index (χ0) is 12.5. The van der Waals surface area contributed by atoms with Crippen molar-refractivity contribution in [2.24, 2.45) is 0 Å². The fourth-order valence-corrected chi connectivity index (χ4v) is 2.17. The van der Waals surface area contributed by atoms with Crippen LogP contribution in [0.4, 0.5) is 0 Å². The molecule has 0 atom stereocenters. The molecule has 0 unspecified atom stereocenters. The van der Waals surface area contributed by atoms with Gasteiger partial charge in [0.1, 0.15) is 0 Å². The van der Waals surface area contributed by atoms with Gasteiger partial charge in [0.15, 0.2) is 0 Å². The van der Waals surface area contributed by atoms with Gasteiger partial charge in [-0.1, -0.05) is 19.1 Å². The minimum atomic E-state index is -0.190. The van der Waals surface area contributed by atoms with Crippen LogP contribution in [-0.2, 0) is 16.1 Å². The lowest BCUT2D eigenvalue weighted by atomic mass is 10.2. The average Bonchev–Trinajstić information content (AvgIpc) is 2.37. The Balaban J connectivity index is 2.44. The van der Waals surface area contributed by atoms with Gasteiger partial charge in [-0.3, -0.25) is 4.79 Å². The smallest absolute Gasteiger partial charge is 0.315 e. The van der Waals surface area contributed by atoms with E-state index in [-0.39, 0.29) is 5.97 Å². The molecule has 0 aliphatic heterocycles. The van der Waals surface area contributed by atoms with Gasteiger partial charge in [-0.25, -0.2) is 0 Å². The molecule has 0 aromatic heterocycles. The van der Waals surface area contributed by atoms with Crippen molar-refractivity contribution in [1.29, 1.82) is 0 Å². The summed E-state index contributed by atoms with van der Waals surface area (Å²) in [5, 5.41) is 3.35. The number of methoxy groups -OCH3 is 1. The maximum atomic E-state index is 11.0. The highest BCUT2D eigenvalue weighted by molar-refractivity contribution is 8.00. The molecule has 17 heavy (non-hydrogen) atoms. The predicted molar refractivity (Wildman–Crippen MR) is 71.2 cm³/mol. The van der Waals surface area contributed by atoms with E-state index in [1.54, 1.807) is 0 Å². The van der Waals surface area contributed by atoms with Gasteiger partial charge in [-0.2, -0.15) is 0 Å². The molecule has 94 valence electrons. The predicted octanol–water partition coefficient (Wildman–Crippen LogP) is 2.45. The Bertz CT molecular complexity index is 355. The molecule has 0 heterocycles. The quantitative estimate of drug-likeness (QED) is 0.460. The number of thioether (sulfide) groups is 1. The van der Waals surface area contributed by atoms with E-state index in [9.17, 15) is 4.79 Å². The molecule has 4 heteroatoms. The molecule has 1 aromatic carbocycles. The monoisotopic (exact) mass is 253 g/mol. The van der Waals surface area contributed by atoms with Crippen molar-refractivity contribution < 1.29 is 9.53 Å². The van der Waals surface area contributed by atoms with E-state index < -0.39 is 0 Å². The standard InChI is InChI=1S/C13H19NO2S/c1-3-7-14-9-11-5-4-6-12(8-11)17-10-13(15)16-2/h4-6,8,14H,3,7,9-10H2,1-2H3. The summed E-state index contributed by atoms with van der Waals surface area (Å²) in [7, 11) is 1.41. The number of esters is 1. The van der Waals surface area contributed by atoms with Crippen molar-refractivity contribution >= 4 is 17.7 Å². The third-order valence-electron chi connectivity index (χ3n) is 2.24. The maximum absolute atomic E-state index is 11.0. The second-order valence-corrected chi connectivity index (χ2v) is 4.74. The van der Waals surface area contributed by atoms with Crippen LogP contribution in [-0.4, -0.2) is 25.4 Å². The minimum absolute atomic E-state index is 0.190. The summed E-state index contributed by atoms with van der Waals surface area (Å²) in [6.45, 7) is 4.05. The lowest BCUT2D eigenvalue weighted by Gasteiger charge is -2.05. The van der Waals surface area contributed by atoms with Crippen molar-refractivity contribution in [2.45, 2.75) is 24.8 Å². The van der Waals surface area contributed by atoms with E-state index in [0.717, 1.165) is 24.4 Å². The molecular weight excluding hydrogens is 234 g/mol. The Kier molecular flexibility index (Phi) is 6.74. The molecule has 0 saturated heterocycles. The summed E-state index contributed by atoms with van der Waals surface area (Å²) in [5.41, 5.74) is 1.24. The second-order valence-electron chi connectivity index (χ2n) is 3.69. The Hall–Kier alpha value is -1.00. The summed E-state index contributed by atoms with van der Waals surface area (Å²) in [5.74, 6) is 0.173. The number of hydrogen-bond donors (Lipinski definition) is 1. The summed E-state index contributed by atoms with van der Waals surface area (Å²) in [6.07, 6.45) is 1.14. The van der Waals surface area contributed by atoms with Crippen molar-refractivity contribution in [1.82, 2.24) is 5.32 Å². The van der Waals surface area contributed by atoms with E-state index in [2.05, 4.69) is 29.1 Å². The second kappa shape index (κ2) is 8.14. The van der Waals surface area contributed by atoms with E-state index in [1.165, 1.54) is 24.4 Å². The Labute approximate surface area is 107 Å². The van der Waals surface area contributed by atoms with E-state index in [1.807, 2.05) is 12.1 Å². The molecule has 0 fully saturated rings. The van der Waals surface area contributed by atoms with Gasteiger partial charge in [0.05, 0.1) is 12.9 Å². The first kappa shape index (κ1) is 14.1. The molecule has 0 aliphatic carbocycles. The van der Waals surface area contributed by atoms with E-state index in [4.69, 9.17) is 0 Å². The molecule has 0 saturated carbocycles. The lowest BCUT2D eigenvalue weighted by Crippen LogP contribution is -2.13. The van der Waals surface area contributed by atoms with Gasteiger partial charge in [0.2, 0.25) is 0 Å². The molecule has 1 aromatic rings.